The summed E-state index contributed by atoms with van der Waals surface area (Å²) in [6.07, 6.45) is 5.10. The highest BCUT2D eigenvalue weighted by atomic mass is 14.8. The van der Waals surface area contributed by atoms with Crippen molar-refractivity contribution in [1.29, 1.82) is 0 Å². The van der Waals surface area contributed by atoms with Crippen molar-refractivity contribution < 1.29 is 0 Å². The molecule has 0 fully saturated rings. The van der Waals surface area contributed by atoms with E-state index >= 15 is 0 Å². The summed E-state index contributed by atoms with van der Waals surface area (Å²) in [5.74, 6) is 0.574. The molecule has 2 heteroatoms. The van der Waals surface area contributed by atoms with Gasteiger partial charge in [0.15, 0.2) is 0 Å². The molecule has 0 aliphatic heterocycles. The van der Waals surface area contributed by atoms with E-state index in [2.05, 4.69) is 18.3 Å². The van der Waals surface area contributed by atoms with Gasteiger partial charge in [0, 0.05) is 13.1 Å². The zero-order valence-corrected chi connectivity index (χ0v) is 7.09. The van der Waals surface area contributed by atoms with Gasteiger partial charge in [-0.15, -0.1) is 0 Å². The Labute approximate surface area is 63.5 Å². The zero-order valence-electron chi connectivity index (χ0n) is 7.09. The van der Waals surface area contributed by atoms with Gasteiger partial charge < -0.3 is 11.1 Å². The fourth-order valence-corrected chi connectivity index (χ4v) is 0.615. The van der Waals surface area contributed by atoms with Crippen LogP contribution < -0.4 is 11.1 Å². The Morgan fingerprint density at radius 3 is 2.50 bits per heavy atom. The van der Waals surface area contributed by atoms with Crippen molar-refractivity contribution in [3.05, 3.63) is 12.3 Å². The molecule has 1 unspecified atom stereocenters. The van der Waals surface area contributed by atoms with E-state index in [1.54, 1.807) is 0 Å². The lowest BCUT2D eigenvalue weighted by Crippen LogP contribution is -2.23. The van der Waals surface area contributed by atoms with Gasteiger partial charge in [-0.1, -0.05) is 13.0 Å². The lowest BCUT2D eigenvalue weighted by molar-refractivity contribution is 0.489. The molecule has 0 aliphatic carbocycles. The molecule has 0 saturated heterocycles. The van der Waals surface area contributed by atoms with Crippen LogP contribution in [-0.4, -0.2) is 13.1 Å². The number of hydrogen-bond acceptors (Lipinski definition) is 2. The Bertz CT molecular complexity index is 97.4. The second-order valence-electron chi connectivity index (χ2n) is 2.76. The van der Waals surface area contributed by atoms with E-state index in [9.17, 15) is 0 Å². The first-order valence-corrected chi connectivity index (χ1v) is 3.76. The Balaban J connectivity index is 3.38. The van der Waals surface area contributed by atoms with Gasteiger partial charge in [-0.05, 0) is 25.5 Å². The lowest BCUT2D eigenvalue weighted by Gasteiger charge is -2.11. The van der Waals surface area contributed by atoms with Crippen LogP contribution in [-0.2, 0) is 0 Å². The molecule has 0 rings (SSSR count). The van der Waals surface area contributed by atoms with Crippen molar-refractivity contribution in [3.63, 3.8) is 0 Å². The summed E-state index contributed by atoms with van der Waals surface area (Å²) in [6, 6.07) is 0.293. The fourth-order valence-electron chi connectivity index (χ4n) is 0.615. The second kappa shape index (κ2) is 5.30. The number of nitrogens with two attached hydrogens (primary N) is 1. The summed E-state index contributed by atoms with van der Waals surface area (Å²) < 4.78 is 0. The standard InChI is InChI=1S/C8H18N2/c1-7(8(2)9)5-4-6-10-3/h4,6-8,10H,5,9H2,1-3H3/b6-4-/t7?,8-/m0/s1. The largest absolute Gasteiger partial charge is 0.394 e. The molecule has 2 nitrogen and oxygen atoms in total. The predicted molar refractivity (Wildman–Crippen MR) is 45.6 cm³/mol. The van der Waals surface area contributed by atoms with E-state index in [0.29, 0.717) is 12.0 Å². The summed E-state index contributed by atoms with van der Waals surface area (Å²) >= 11 is 0. The first kappa shape index (κ1) is 9.50. The Hall–Kier alpha value is -0.500. The number of rotatable bonds is 4. The average molecular weight is 142 g/mol. The normalized spacial score (nSPS) is 17.2. The highest BCUT2D eigenvalue weighted by Gasteiger charge is 2.03. The Kier molecular flexibility index (Phi) is 5.03. The lowest BCUT2D eigenvalue weighted by atomic mass is 10.0. The molecule has 0 bridgehead atoms. The van der Waals surface area contributed by atoms with Gasteiger partial charge in [0.2, 0.25) is 0 Å². The van der Waals surface area contributed by atoms with Crippen molar-refractivity contribution in [1.82, 2.24) is 5.32 Å². The van der Waals surface area contributed by atoms with Crippen LogP contribution in [0.5, 0.6) is 0 Å². The quantitative estimate of drug-likeness (QED) is 0.616. The van der Waals surface area contributed by atoms with E-state index in [-0.39, 0.29) is 0 Å². The molecule has 0 saturated carbocycles. The third-order valence-corrected chi connectivity index (χ3v) is 1.69. The van der Waals surface area contributed by atoms with Crippen molar-refractivity contribution in [2.45, 2.75) is 26.3 Å². The van der Waals surface area contributed by atoms with Gasteiger partial charge in [-0.3, -0.25) is 0 Å². The Morgan fingerprint density at radius 1 is 1.50 bits per heavy atom. The molecule has 0 aromatic carbocycles. The number of allylic oxidation sites excluding steroid dienone is 1. The van der Waals surface area contributed by atoms with Crippen LogP contribution in [0.25, 0.3) is 0 Å². The van der Waals surface area contributed by atoms with Crippen molar-refractivity contribution in [3.8, 4) is 0 Å². The monoisotopic (exact) mass is 142 g/mol. The van der Waals surface area contributed by atoms with E-state index in [4.69, 9.17) is 5.73 Å². The van der Waals surface area contributed by atoms with Crippen LogP contribution in [0.4, 0.5) is 0 Å². The van der Waals surface area contributed by atoms with Gasteiger partial charge in [-0.2, -0.15) is 0 Å². The van der Waals surface area contributed by atoms with Crippen LogP contribution in [0.1, 0.15) is 20.3 Å². The molecule has 0 aliphatic rings. The smallest absolute Gasteiger partial charge is 0.00390 e. The summed E-state index contributed by atoms with van der Waals surface area (Å²) in [4.78, 5) is 0. The molecule has 0 aromatic rings. The SMILES string of the molecule is CN/C=C\CC(C)[C@H](C)N. The van der Waals surface area contributed by atoms with Crippen LogP contribution in [0.3, 0.4) is 0 Å². The third-order valence-electron chi connectivity index (χ3n) is 1.69. The van der Waals surface area contributed by atoms with Gasteiger partial charge in [0.05, 0.1) is 0 Å². The van der Waals surface area contributed by atoms with Gasteiger partial charge in [-0.25, -0.2) is 0 Å². The molecule has 0 aromatic heterocycles. The van der Waals surface area contributed by atoms with E-state index in [0.717, 1.165) is 6.42 Å². The molecule has 0 heterocycles. The minimum absolute atomic E-state index is 0.293. The van der Waals surface area contributed by atoms with Crippen molar-refractivity contribution in [2.75, 3.05) is 7.05 Å². The molecular weight excluding hydrogens is 124 g/mol. The number of nitrogens with one attached hydrogen (secondary N) is 1. The van der Waals surface area contributed by atoms with Crippen LogP contribution in [0, 0.1) is 5.92 Å². The van der Waals surface area contributed by atoms with Crippen LogP contribution in [0.2, 0.25) is 0 Å². The van der Waals surface area contributed by atoms with E-state index in [1.165, 1.54) is 0 Å². The van der Waals surface area contributed by atoms with Crippen LogP contribution in [0.15, 0.2) is 12.3 Å². The van der Waals surface area contributed by atoms with Gasteiger partial charge >= 0.3 is 0 Å². The van der Waals surface area contributed by atoms with Gasteiger partial charge in [0.25, 0.3) is 0 Å². The van der Waals surface area contributed by atoms with Crippen molar-refractivity contribution >= 4 is 0 Å². The predicted octanol–water partition coefficient (Wildman–Crippen LogP) is 1.09. The minimum Gasteiger partial charge on any atom is -0.394 e. The molecule has 0 spiro atoms. The molecule has 60 valence electrons. The molecule has 0 amide bonds. The number of hydrogen-bond donors (Lipinski definition) is 2. The van der Waals surface area contributed by atoms with Gasteiger partial charge in [0.1, 0.15) is 0 Å². The van der Waals surface area contributed by atoms with E-state index < -0.39 is 0 Å². The maximum absolute atomic E-state index is 5.66. The topological polar surface area (TPSA) is 38.0 Å². The average Bonchev–Trinajstić information content (AvgIpc) is 1.88. The zero-order chi connectivity index (χ0) is 7.98. The van der Waals surface area contributed by atoms with Crippen LogP contribution >= 0.6 is 0 Å². The third kappa shape index (κ3) is 4.39. The minimum atomic E-state index is 0.293. The Morgan fingerprint density at radius 2 is 2.10 bits per heavy atom. The maximum atomic E-state index is 5.66. The first-order valence-electron chi connectivity index (χ1n) is 3.76. The molecule has 3 N–H and O–H groups in total. The summed E-state index contributed by atoms with van der Waals surface area (Å²) in [7, 11) is 1.90. The maximum Gasteiger partial charge on any atom is 0.00390 e. The summed E-state index contributed by atoms with van der Waals surface area (Å²) in [5, 5.41) is 2.94. The summed E-state index contributed by atoms with van der Waals surface area (Å²) in [5.41, 5.74) is 5.66. The fraction of sp³-hybridized carbons (Fsp3) is 0.750. The molecule has 2 atom stereocenters. The molecular formula is C8H18N2. The molecule has 0 radical (unpaired) electrons. The van der Waals surface area contributed by atoms with Crippen molar-refractivity contribution in [2.24, 2.45) is 11.7 Å². The highest BCUT2D eigenvalue weighted by molar-refractivity contribution is 4.82. The highest BCUT2D eigenvalue weighted by Crippen LogP contribution is 2.05. The molecule has 10 heavy (non-hydrogen) atoms. The summed E-state index contributed by atoms with van der Waals surface area (Å²) in [6.45, 7) is 4.20. The first-order chi connectivity index (χ1) is 4.68. The second-order valence-corrected chi connectivity index (χ2v) is 2.76. The van der Waals surface area contributed by atoms with E-state index in [1.807, 2.05) is 20.2 Å².